The summed E-state index contributed by atoms with van der Waals surface area (Å²) in [5, 5.41) is 8.54. The molecule has 0 radical (unpaired) electrons. The summed E-state index contributed by atoms with van der Waals surface area (Å²) in [5.74, 6) is -1.04. The number of allylic oxidation sites excluding steroid dienone is 3. The molecule has 0 saturated heterocycles. The van der Waals surface area contributed by atoms with E-state index in [9.17, 15) is 4.79 Å². The number of hydrogen-bond donors (Lipinski definition) is 1. The van der Waals surface area contributed by atoms with Crippen LogP contribution in [-0.4, -0.2) is 18.9 Å². The van der Waals surface area contributed by atoms with Gasteiger partial charge in [0, 0.05) is 0 Å². The molecular formula is C7H9BO2. The van der Waals surface area contributed by atoms with Crippen LogP contribution in [0.3, 0.4) is 0 Å². The highest BCUT2D eigenvalue weighted by Crippen LogP contribution is 2.13. The second-order valence-electron chi connectivity index (χ2n) is 2.49. The van der Waals surface area contributed by atoms with Crippen LogP contribution in [0.2, 0.25) is 0 Å². The molecule has 1 rings (SSSR count). The molecule has 0 aromatic carbocycles. The first-order chi connectivity index (χ1) is 4.70. The van der Waals surface area contributed by atoms with E-state index in [4.69, 9.17) is 5.11 Å². The molecule has 1 aliphatic rings. The van der Waals surface area contributed by atoms with Gasteiger partial charge >= 0.3 is 5.97 Å². The SMILES string of the molecule is BC1=CCC(C(=O)O)C=C1. The summed E-state index contributed by atoms with van der Waals surface area (Å²) < 4.78 is 0. The summed E-state index contributed by atoms with van der Waals surface area (Å²) in [4.78, 5) is 10.4. The predicted octanol–water partition coefficient (Wildman–Crippen LogP) is 0.164. The molecule has 0 bridgehead atoms. The van der Waals surface area contributed by atoms with Gasteiger partial charge in [-0.25, -0.2) is 0 Å². The third-order valence-electron chi connectivity index (χ3n) is 1.60. The van der Waals surface area contributed by atoms with Crippen LogP contribution < -0.4 is 0 Å². The van der Waals surface area contributed by atoms with E-state index in [0.29, 0.717) is 6.42 Å². The van der Waals surface area contributed by atoms with Gasteiger partial charge < -0.3 is 5.11 Å². The molecule has 0 aliphatic heterocycles. The Morgan fingerprint density at radius 2 is 2.50 bits per heavy atom. The molecule has 1 unspecified atom stereocenters. The molecule has 52 valence electrons. The fourth-order valence-electron chi connectivity index (χ4n) is 0.911. The van der Waals surface area contributed by atoms with Gasteiger partial charge in [0.2, 0.25) is 0 Å². The number of aliphatic carboxylic acids is 1. The summed E-state index contributed by atoms with van der Waals surface area (Å²) in [5.41, 5.74) is 1.15. The van der Waals surface area contributed by atoms with Crippen LogP contribution in [0.1, 0.15) is 6.42 Å². The highest BCUT2D eigenvalue weighted by atomic mass is 16.4. The van der Waals surface area contributed by atoms with Gasteiger partial charge in [0.15, 0.2) is 0 Å². The van der Waals surface area contributed by atoms with Crippen molar-refractivity contribution in [2.75, 3.05) is 0 Å². The minimum absolute atomic E-state index is 0.302. The Balaban J connectivity index is 2.60. The van der Waals surface area contributed by atoms with Crippen molar-refractivity contribution in [1.82, 2.24) is 0 Å². The first kappa shape index (κ1) is 7.13. The van der Waals surface area contributed by atoms with Crippen LogP contribution in [0.15, 0.2) is 23.7 Å². The van der Waals surface area contributed by atoms with E-state index in [2.05, 4.69) is 0 Å². The maximum atomic E-state index is 10.4. The van der Waals surface area contributed by atoms with Gasteiger partial charge in [-0.2, -0.15) is 0 Å². The second kappa shape index (κ2) is 2.73. The predicted molar refractivity (Wildman–Crippen MR) is 41.5 cm³/mol. The molecule has 0 heterocycles. The van der Waals surface area contributed by atoms with Crippen molar-refractivity contribution in [2.24, 2.45) is 5.92 Å². The average molecular weight is 136 g/mol. The van der Waals surface area contributed by atoms with Gasteiger partial charge in [0.05, 0.1) is 5.92 Å². The lowest BCUT2D eigenvalue weighted by atomic mass is 9.87. The maximum Gasteiger partial charge on any atom is 0.310 e. The third-order valence-corrected chi connectivity index (χ3v) is 1.60. The Kier molecular flexibility index (Phi) is 1.95. The number of carbonyl (C=O) groups is 1. The Bertz CT molecular complexity index is 206. The summed E-state index contributed by atoms with van der Waals surface area (Å²) >= 11 is 0. The molecule has 0 aromatic heterocycles. The molecule has 10 heavy (non-hydrogen) atoms. The molecular weight excluding hydrogens is 127 g/mol. The molecule has 1 N–H and O–H groups in total. The van der Waals surface area contributed by atoms with Crippen LogP contribution in [0.25, 0.3) is 0 Å². The van der Waals surface area contributed by atoms with Crippen molar-refractivity contribution in [2.45, 2.75) is 6.42 Å². The van der Waals surface area contributed by atoms with Crippen LogP contribution >= 0.6 is 0 Å². The number of carboxylic acid groups (broad SMARTS) is 1. The molecule has 1 aliphatic carbocycles. The van der Waals surface area contributed by atoms with Gasteiger partial charge in [0.25, 0.3) is 0 Å². The largest absolute Gasteiger partial charge is 0.481 e. The normalized spacial score (nSPS) is 24.0. The van der Waals surface area contributed by atoms with E-state index >= 15 is 0 Å². The van der Waals surface area contributed by atoms with Crippen molar-refractivity contribution < 1.29 is 9.90 Å². The van der Waals surface area contributed by atoms with Crippen molar-refractivity contribution in [1.29, 1.82) is 0 Å². The quantitative estimate of drug-likeness (QED) is 0.521. The fourth-order valence-corrected chi connectivity index (χ4v) is 0.911. The summed E-state index contributed by atoms with van der Waals surface area (Å²) in [6.07, 6.45) is 6.16. The van der Waals surface area contributed by atoms with Gasteiger partial charge in [-0.15, -0.1) is 0 Å². The topological polar surface area (TPSA) is 37.3 Å². The van der Waals surface area contributed by atoms with E-state index in [1.54, 1.807) is 6.08 Å². The molecule has 0 amide bonds. The zero-order chi connectivity index (χ0) is 7.56. The lowest BCUT2D eigenvalue weighted by Gasteiger charge is -2.08. The number of hydrogen-bond acceptors (Lipinski definition) is 1. The van der Waals surface area contributed by atoms with Crippen molar-refractivity contribution in [3.63, 3.8) is 0 Å². The minimum atomic E-state index is -0.736. The van der Waals surface area contributed by atoms with Crippen LogP contribution in [0.4, 0.5) is 0 Å². The highest BCUT2D eigenvalue weighted by molar-refractivity contribution is 6.23. The third kappa shape index (κ3) is 1.50. The van der Waals surface area contributed by atoms with Gasteiger partial charge in [-0.3, -0.25) is 4.79 Å². The number of carboxylic acids is 1. The Morgan fingerprint density at radius 3 is 2.90 bits per heavy atom. The summed E-state index contributed by atoms with van der Waals surface area (Å²) in [7, 11) is 1.97. The lowest BCUT2D eigenvalue weighted by molar-refractivity contribution is -0.139. The van der Waals surface area contributed by atoms with E-state index < -0.39 is 5.97 Å². The smallest absolute Gasteiger partial charge is 0.310 e. The molecule has 0 spiro atoms. The zero-order valence-corrected chi connectivity index (χ0v) is 5.87. The van der Waals surface area contributed by atoms with Gasteiger partial charge in [0.1, 0.15) is 7.85 Å². The first-order valence-corrected chi connectivity index (χ1v) is 3.28. The summed E-state index contributed by atoms with van der Waals surface area (Å²) in [6, 6.07) is 0. The van der Waals surface area contributed by atoms with E-state index in [1.807, 2.05) is 20.0 Å². The Hall–Kier alpha value is -0.985. The molecule has 0 saturated carbocycles. The van der Waals surface area contributed by atoms with Crippen molar-refractivity contribution >= 4 is 13.8 Å². The van der Waals surface area contributed by atoms with E-state index in [-0.39, 0.29) is 5.92 Å². The molecule has 1 atom stereocenters. The molecule has 2 nitrogen and oxygen atoms in total. The Morgan fingerprint density at radius 1 is 1.80 bits per heavy atom. The maximum absolute atomic E-state index is 10.4. The standard InChI is InChI=1S/C7H9BO2/c8-6-3-1-5(2-4-6)7(9)10/h1,3-5H,2,8H2,(H,9,10). The highest BCUT2D eigenvalue weighted by Gasteiger charge is 2.13. The average Bonchev–Trinajstić information content (AvgIpc) is 1.88. The van der Waals surface area contributed by atoms with E-state index in [0.717, 1.165) is 5.47 Å². The monoisotopic (exact) mass is 136 g/mol. The van der Waals surface area contributed by atoms with Crippen LogP contribution in [0.5, 0.6) is 0 Å². The van der Waals surface area contributed by atoms with Crippen molar-refractivity contribution in [3.05, 3.63) is 23.7 Å². The Labute approximate surface area is 60.7 Å². The zero-order valence-electron chi connectivity index (χ0n) is 5.87. The molecule has 0 aromatic rings. The van der Waals surface area contributed by atoms with Crippen molar-refractivity contribution in [3.8, 4) is 0 Å². The van der Waals surface area contributed by atoms with Gasteiger partial charge in [-0.1, -0.05) is 23.7 Å². The summed E-state index contributed by atoms with van der Waals surface area (Å²) in [6.45, 7) is 0. The fraction of sp³-hybridized carbons (Fsp3) is 0.286. The van der Waals surface area contributed by atoms with Crippen LogP contribution in [-0.2, 0) is 4.79 Å². The molecule has 0 fully saturated rings. The molecule has 3 heteroatoms. The lowest BCUT2D eigenvalue weighted by Crippen LogP contribution is -2.11. The van der Waals surface area contributed by atoms with Gasteiger partial charge in [-0.05, 0) is 6.42 Å². The number of rotatable bonds is 1. The minimum Gasteiger partial charge on any atom is -0.481 e. The van der Waals surface area contributed by atoms with Crippen LogP contribution in [0, 0.1) is 5.92 Å². The first-order valence-electron chi connectivity index (χ1n) is 3.28. The van der Waals surface area contributed by atoms with E-state index in [1.165, 1.54) is 0 Å². The second-order valence-corrected chi connectivity index (χ2v) is 2.49.